The van der Waals surface area contributed by atoms with E-state index in [0.29, 0.717) is 11.3 Å². The number of carbonyl (C=O) groups is 5. The number of esters is 2. The van der Waals surface area contributed by atoms with E-state index in [2.05, 4.69) is 10.9 Å². The molecule has 34 heavy (non-hydrogen) atoms. The molecule has 0 bridgehead atoms. The number of ether oxygens (including phenoxy) is 2. The molecule has 0 aromatic heterocycles. The summed E-state index contributed by atoms with van der Waals surface area (Å²) in [7, 11) is 0. The first-order valence-electron chi connectivity index (χ1n) is 10.4. The van der Waals surface area contributed by atoms with Crippen molar-refractivity contribution in [2.75, 3.05) is 24.7 Å². The number of halogens is 1. The fourth-order valence-corrected chi connectivity index (χ4v) is 3.46. The Bertz CT molecular complexity index is 1100. The average Bonchev–Trinajstić information content (AvgIpc) is 3.23. The molecule has 178 valence electrons. The van der Waals surface area contributed by atoms with Gasteiger partial charge in [0.25, 0.3) is 11.8 Å². The van der Waals surface area contributed by atoms with Crippen LogP contribution in [-0.4, -0.2) is 49.4 Å². The Balaban J connectivity index is 1.47. The molecule has 2 aromatic rings. The maximum atomic E-state index is 12.4. The van der Waals surface area contributed by atoms with Gasteiger partial charge in [0.15, 0.2) is 6.61 Å². The highest BCUT2D eigenvalue weighted by Gasteiger charge is 2.36. The highest BCUT2D eigenvalue weighted by molar-refractivity contribution is 6.33. The summed E-state index contributed by atoms with van der Waals surface area (Å²) in [5, 5.41) is 0.215. The molecule has 1 atom stereocenters. The molecule has 0 unspecified atom stereocenters. The largest absolute Gasteiger partial charge is 0.462 e. The number of anilines is 1. The van der Waals surface area contributed by atoms with Gasteiger partial charge < -0.3 is 14.4 Å². The number of benzene rings is 2. The third-order valence-corrected chi connectivity index (χ3v) is 5.26. The topological polar surface area (TPSA) is 131 Å². The van der Waals surface area contributed by atoms with E-state index in [9.17, 15) is 24.0 Å². The van der Waals surface area contributed by atoms with Gasteiger partial charge in [-0.1, -0.05) is 23.7 Å². The smallest absolute Gasteiger partial charge is 0.338 e. The van der Waals surface area contributed by atoms with E-state index in [1.54, 1.807) is 31.2 Å². The van der Waals surface area contributed by atoms with Gasteiger partial charge in [-0.05, 0) is 43.3 Å². The van der Waals surface area contributed by atoms with E-state index in [1.807, 2.05) is 0 Å². The summed E-state index contributed by atoms with van der Waals surface area (Å²) in [6.07, 6.45) is -0.0800. The van der Waals surface area contributed by atoms with Crippen LogP contribution in [0, 0.1) is 5.92 Å². The molecular weight excluding hydrogens is 466 g/mol. The maximum absolute atomic E-state index is 12.4. The van der Waals surface area contributed by atoms with Crippen LogP contribution in [0.4, 0.5) is 5.69 Å². The number of nitrogens with one attached hydrogen (secondary N) is 2. The van der Waals surface area contributed by atoms with Crippen LogP contribution in [0.25, 0.3) is 0 Å². The Labute approximate surface area is 200 Å². The second-order valence-corrected chi connectivity index (χ2v) is 7.67. The predicted molar refractivity (Wildman–Crippen MR) is 121 cm³/mol. The van der Waals surface area contributed by atoms with Crippen molar-refractivity contribution in [3.05, 3.63) is 64.7 Å². The lowest BCUT2D eigenvalue weighted by molar-refractivity contribution is -0.152. The van der Waals surface area contributed by atoms with Crippen LogP contribution >= 0.6 is 11.6 Å². The third-order valence-electron chi connectivity index (χ3n) is 4.93. The molecule has 0 saturated carbocycles. The molecule has 2 aromatic carbocycles. The van der Waals surface area contributed by atoms with Crippen LogP contribution in [0.3, 0.4) is 0 Å². The Hall–Kier alpha value is -3.92. The average molecular weight is 488 g/mol. The molecule has 10 nitrogen and oxygen atoms in total. The van der Waals surface area contributed by atoms with Gasteiger partial charge in [0.05, 0.1) is 28.7 Å². The van der Waals surface area contributed by atoms with E-state index in [4.69, 9.17) is 21.1 Å². The highest BCUT2D eigenvalue weighted by Crippen LogP contribution is 2.26. The number of hydrazine groups is 1. The van der Waals surface area contributed by atoms with Gasteiger partial charge in [0, 0.05) is 18.7 Å². The normalized spacial score (nSPS) is 14.9. The molecule has 3 rings (SSSR count). The molecule has 0 spiro atoms. The van der Waals surface area contributed by atoms with Crippen LogP contribution < -0.4 is 15.8 Å². The summed E-state index contributed by atoms with van der Waals surface area (Å²) in [4.78, 5) is 61.8. The molecule has 1 saturated heterocycles. The zero-order valence-electron chi connectivity index (χ0n) is 18.2. The summed E-state index contributed by atoms with van der Waals surface area (Å²) in [5.74, 6) is -3.62. The quantitative estimate of drug-likeness (QED) is 0.450. The first kappa shape index (κ1) is 24.7. The summed E-state index contributed by atoms with van der Waals surface area (Å²) in [6, 6.07) is 12.5. The molecule has 1 aliphatic rings. The lowest BCUT2D eigenvalue weighted by atomic mass is 10.1. The third kappa shape index (κ3) is 6.10. The van der Waals surface area contributed by atoms with Gasteiger partial charge in [-0.25, -0.2) is 4.79 Å². The van der Waals surface area contributed by atoms with Crippen molar-refractivity contribution in [2.24, 2.45) is 5.92 Å². The first-order valence-corrected chi connectivity index (χ1v) is 10.8. The summed E-state index contributed by atoms with van der Waals surface area (Å²) < 4.78 is 9.92. The maximum Gasteiger partial charge on any atom is 0.338 e. The molecule has 1 heterocycles. The number of hydrogen-bond donors (Lipinski definition) is 2. The second-order valence-electron chi connectivity index (χ2n) is 7.26. The lowest BCUT2D eigenvalue weighted by Crippen LogP contribution is -2.44. The van der Waals surface area contributed by atoms with E-state index in [-0.39, 0.29) is 36.1 Å². The SMILES string of the molecule is CCOC(=O)c1ccc(N2C[C@H](C(=O)OCC(=O)NNC(=O)c3ccccc3Cl)CC2=O)cc1. The van der Waals surface area contributed by atoms with E-state index < -0.39 is 36.3 Å². The Morgan fingerprint density at radius 3 is 2.41 bits per heavy atom. The minimum Gasteiger partial charge on any atom is -0.462 e. The fraction of sp³-hybridized carbons (Fsp3) is 0.261. The van der Waals surface area contributed by atoms with Crippen molar-refractivity contribution < 1.29 is 33.4 Å². The molecule has 11 heteroatoms. The van der Waals surface area contributed by atoms with Gasteiger partial charge in [-0.3, -0.25) is 30.0 Å². The lowest BCUT2D eigenvalue weighted by Gasteiger charge is -2.17. The van der Waals surface area contributed by atoms with Crippen LogP contribution in [-0.2, 0) is 23.9 Å². The molecule has 3 amide bonds. The minimum atomic E-state index is -0.761. The van der Waals surface area contributed by atoms with Crippen molar-refractivity contribution in [1.29, 1.82) is 0 Å². The fourth-order valence-electron chi connectivity index (χ4n) is 3.24. The summed E-state index contributed by atoms with van der Waals surface area (Å²) >= 11 is 5.92. The van der Waals surface area contributed by atoms with Crippen LogP contribution in [0.1, 0.15) is 34.1 Å². The number of nitrogens with zero attached hydrogens (tertiary/aromatic N) is 1. The number of carbonyl (C=O) groups excluding carboxylic acids is 5. The van der Waals surface area contributed by atoms with Crippen molar-refractivity contribution in [3.8, 4) is 0 Å². The molecule has 2 N–H and O–H groups in total. The molecular formula is C23H22ClN3O7. The van der Waals surface area contributed by atoms with Crippen molar-refractivity contribution in [3.63, 3.8) is 0 Å². The number of hydrogen-bond acceptors (Lipinski definition) is 7. The van der Waals surface area contributed by atoms with Gasteiger partial charge in [0.2, 0.25) is 5.91 Å². The predicted octanol–water partition coefficient (Wildman–Crippen LogP) is 1.87. The standard InChI is InChI=1S/C23H22ClN3O7/c1-2-33-22(31)14-7-9-16(10-8-14)27-12-15(11-20(27)29)23(32)34-13-19(28)25-26-21(30)17-5-3-4-6-18(17)24/h3-10,15H,2,11-13H2,1H3,(H,25,28)(H,26,30)/t15-/m1/s1. The van der Waals surface area contributed by atoms with Crippen molar-refractivity contribution in [2.45, 2.75) is 13.3 Å². The molecule has 1 aliphatic heterocycles. The highest BCUT2D eigenvalue weighted by atomic mass is 35.5. The summed E-state index contributed by atoms with van der Waals surface area (Å²) in [5.41, 5.74) is 5.35. The Kier molecular flexibility index (Phi) is 8.20. The molecule has 1 fully saturated rings. The van der Waals surface area contributed by atoms with Gasteiger partial charge in [0.1, 0.15) is 0 Å². The zero-order valence-corrected chi connectivity index (χ0v) is 19.0. The van der Waals surface area contributed by atoms with Crippen molar-refractivity contribution in [1.82, 2.24) is 10.9 Å². The monoisotopic (exact) mass is 487 g/mol. The first-order chi connectivity index (χ1) is 16.3. The van der Waals surface area contributed by atoms with Crippen LogP contribution in [0.5, 0.6) is 0 Å². The van der Waals surface area contributed by atoms with Gasteiger partial charge in [-0.2, -0.15) is 0 Å². The molecule has 0 radical (unpaired) electrons. The van der Waals surface area contributed by atoms with Crippen LogP contribution in [0.15, 0.2) is 48.5 Å². The second kappa shape index (κ2) is 11.3. The number of amides is 3. The van der Waals surface area contributed by atoms with Gasteiger partial charge >= 0.3 is 11.9 Å². The van der Waals surface area contributed by atoms with E-state index in [1.165, 1.54) is 29.2 Å². The minimum absolute atomic E-state index is 0.0707. The molecule has 0 aliphatic carbocycles. The number of rotatable bonds is 7. The Morgan fingerprint density at radius 2 is 1.74 bits per heavy atom. The van der Waals surface area contributed by atoms with Crippen molar-refractivity contribution >= 4 is 46.9 Å². The Morgan fingerprint density at radius 1 is 1.03 bits per heavy atom. The summed E-state index contributed by atoms with van der Waals surface area (Å²) in [6.45, 7) is 1.39. The zero-order chi connectivity index (χ0) is 24.7. The van der Waals surface area contributed by atoms with E-state index in [0.717, 1.165) is 0 Å². The van der Waals surface area contributed by atoms with Gasteiger partial charge in [-0.15, -0.1) is 0 Å². The van der Waals surface area contributed by atoms with E-state index >= 15 is 0 Å². The van der Waals surface area contributed by atoms with Crippen LogP contribution in [0.2, 0.25) is 5.02 Å².